The van der Waals surface area contributed by atoms with Crippen LogP contribution in [-0.4, -0.2) is 58.2 Å². The molecule has 2 amide bonds. The molecule has 1 aromatic heterocycles. The van der Waals surface area contributed by atoms with E-state index in [2.05, 4.69) is 20.4 Å². The SMILES string of the molecule is O=C(Nc1nncs1)N1CCC[C@H](N2CCCC2)C1. The summed E-state index contributed by atoms with van der Waals surface area (Å²) in [5.41, 5.74) is 1.62. The van der Waals surface area contributed by atoms with Crippen molar-refractivity contribution in [2.24, 2.45) is 0 Å². The number of amides is 2. The summed E-state index contributed by atoms with van der Waals surface area (Å²) in [6.07, 6.45) is 4.90. The van der Waals surface area contributed by atoms with Gasteiger partial charge in [-0.25, -0.2) is 4.79 Å². The molecule has 3 heterocycles. The van der Waals surface area contributed by atoms with Crippen molar-refractivity contribution in [3.05, 3.63) is 5.51 Å². The van der Waals surface area contributed by atoms with Crippen molar-refractivity contribution in [1.82, 2.24) is 20.0 Å². The zero-order valence-corrected chi connectivity index (χ0v) is 11.7. The molecule has 1 N–H and O–H groups in total. The Morgan fingerprint density at radius 2 is 2.16 bits per heavy atom. The fraction of sp³-hybridized carbons (Fsp3) is 0.750. The molecule has 0 bridgehead atoms. The van der Waals surface area contributed by atoms with Crippen LogP contribution in [0.3, 0.4) is 0 Å². The summed E-state index contributed by atoms with van der Waals surface area (Å²) in [7, 11) is 0. The fourth-order valence-corrected chi connectivity index (χ4v) is 3.38. The summed E-state index contributed by atoms with van der Waals surface area (Å²) in [6.45, 7) is 4.06. The summed E-state index contributed by atoms with van der Waals surface area (Å²) in [4.78, 5) is 16.6. The van der Waals surface area contributed by atoms with Gasteiger partial charge in [0, 0.05) is 19.1 Å². The van der Waals surface area contributed by atoms with E-state index in [9.17, 15) is 4.79 Å². The van der Waals surface area contributed by atoms with Crippen molar-refractivity contribution in [3.63, 3.8) is 0 Å². The molecule has 104 valence electrons. The zero-order valence-electron chi connectivity index (χ0n) is 10.9. The maximum atomic E-state index is 12.2. The molecule has 2 aliphatic rings. The van der Waals surface area contributed by atoms with Crippen LogP contribution >= 0.6 is 11.3 Å². The third-order valence-corrected chi connectivity index (χ3v) is 4.52. The maximum Gasteiger partial charge on any atom is 0.323 e. The Morgan fingerprint density at radius 1 is 1.32 bits per heavy atom. The average Bonchev–Trinajstić information content (AvgIpc) is 3.12. The Hall–Kier alpha value is -1.21. The lowest BCUT2D eigenvalue weighted by atomic mass is 10.0. The number of urea groups is 1. The largest absolute Gasteiger partial charge is 0.323 e. The highest BCUT2D eigenvalue weighted by Crippen LogP contribution is 2.21. The molecule has 2 saturated heterocycles. The van der Waals surface area contributed by atoms with Gasteiger partial charge in [-0.3, -0.25) is 10.2 Å². The van der Waals surface area contributed by atoms with Crippen LogP contribution in [0.25, 0.3) is 0 Å². The number of nitrogens with zero attached hydrogens (tertiary/aromatic N) is 4. The Bertz CT molecular complexity index is 418. The quantitative estimate of drug-likeness (QED) is 0.895. The first kappa shape index (κ1) is 12.8. The molecule has 3 rings (SSSR count). The summed E-state index contributed by atoms with van der Waals surface area (Å²) >= 11 is 1.35. The number of carbonyl (C=O) groups is 1. The van der Waals surface area contributed by atoms with E-state index in [0.717, 1.165) is 19.5 Å². The van der Waals surface area contributed by atoms with Crippen molar-refractivity contribution < 1.29 is 4.79 Å². The predicted octanol–water partition coefficient (Wildman–Crippen LogP) is 1.63. The van der Waals surface area contributed by atoms with E-state index in [0.29, 0.717) is 11.2 Å². The summed E-state index contributed by atoms with van der Waals surface area (Å²) in [6, 6.07) is 0.497. The van der Waals surface area contributed by atoms with E-state index in [1.54, 1.807) is 5.51 Å². The van der Waals surface area contributed by atoms with Crippen molar-refractivity contribution in [2.45, 2.75) is 31.7 Å². The van der Waals surface area contributed by atoms with Crippen molar-refractivity contribution in [1.29, 1.82) is 0 Å². The second kappa shape index (κ2) is 5.83. The first-order valence-electron chi connectivity index (χ1n) is 6.89. The molecule has 0 spiro atoms. The highest BCUT2D eigenvalue weighted by molar-refractivity contribution is 7.13. The smallest absolute Gasteiger partial charge is 0.323 e. The number of rotatable bonds is 2. The van der Waals surface area contributed by atoms with Gasteiger partial charge in [0.15, 0.2) is 0 Å². The van der Waals surface area contributed by atoms with Gasteiger partial charge in [-0.05, 0) is 38.8 Å². The molecular weight excluding hydrogens is 262 g/mol. The van der Waals surface area contributed by atoms with E-state index in [1.165, 1.54) is 43.7 Å². The lowest BCUT2D eigenvalue weighted by Gasteiger charge is -2.37. The minimum absolute atomic E-state index is 0.0411. The van der Waals surface area contributed by atoms with Crippen molar-refractivity contribution >= 4 is 22.5 Å². The van der Waals surface area contributed by atoms with Gasteiger partial charge < -0.3 is 4.90 Å². The number of anilines is 1. The molecule has 6 nitrogen and oxygen atoms in total. The first-order valence-corrected chi connectivity index (χ1v) is 7.77. The van der Waals surface area contributed by atoms with E-state index in [1.807, 2.05) is 4.90 Å². The topological polar surface area (TPSA) is 61.4 Å². The van der Waals surface area contributed by atoms with Crippen LogP contribution in [0.4, 0.5) is 9.93 Å². The zero-order chi connectivity index (χ0) is 13.1. The maximum absolute atomic E-state index is 12.2. The molecule has 1 atom stereocenters. The van der Waals surface area contributed by atoms with Gasteiger partial charge in [-0.15, -0.1) is 10.2 Å². The highest BCUT2D eigenvalue weighted by Gasteiger charge is 2.29. The molecule has 2 fully saturated rings. The van der Waals surface area contributed by atoms with E-state index < -0.39 is 0 Å². The normalized spacial score (nSPS) is 24.6. The second-order valence-corrected chi connectivity index (χ2v) is 5.99. The van der Waals surface area contributed by atoms with Crippen molar-refractivity contribution in [2.75, 3.05) is 31.5 Å². The highest BCUT2D eigenvalue weighted by atomic mass is 32.1. The van der Waals surface area contributed by atoms with Gasteiger partial charge in [0.1, 0.15) is 5.51 Å². The van der Waals surface area contributed by atoms with Crippen LogP contribution < -0.4 is 5.32 Å². The first-order chi connectivity index (χ1) is 9.33. The van der Waals surface area contributed by atoms with Crippen LogP contribution in [-0.2, 0) is 0 Å². The van der Waals surface area contributed by atoms with Gasteiger partial charge in [0.05, 0.1) is 0 Å². The Kier molecular flexibility index (Phi) is 3.93. The molecule has 0 radical (unpaired) electrons. The van der Waals surface area contributed by atoms with Gasteiger partial charge in [-0.1, -0.05) is 11.3 Å². The molecular formula is C12H19N5OS. The number of hydrogen-bond acceptors (Lipinski definition) is 5. The third-order valence-electron chi connectivity index (χ3n) is 3.91. The minimum atomic E-state index is -0.0411. The predicted molar refractivity (Wildman–Crippen MR) is 74.3 cm³/mol. The van der Waals surface area contributed by atoms with Crippen LogP contribution in [0.1, 0.15) is 25.7 Å². The Labute approximate surface area is 116 Å². The van der Waals surface area contributed by atoms with Gasteiger partial charge in [0.25, 0.3) is 0 Å². The second-order valence-electron chi connectivity index (χ2n) is 5.16. The van der Waals surface area contributed by atoms with E-state index >= 15 is 0 Å². The average molecular weight is 281 g/mol. The van der Waals surface area contributed by atoms with Gasteiger partial charge in [-0.2, -0.15) is 0 Å². The molecule has 0 unspecified atom stereocenters. The Morgan fingerprint density at radius 3 is 2.89 bits per heavy atom. The van der Waals surface area contributed by atoms with Crippen LogP contribution in [0.15, 0.2) is 5.51 Å². The lowest BCUT2D eigenvalue weighted by Crippen LogP contribution is -2.50. The standard InChI is InChI=1S/C12H19N5OS/c18-12(14-11-15-13-9-19-11)17-7-3-4-10(8-17)16-5-1-2-6-16/h9-10H,1-8H2,(H,14,15,18)/t10-/m0/s1. The molecule has 19 heavy (non-hydrogen) atoms. The fourth-order valence-electron chi connectivity index (χ4n) is 2.94. The summed E-state index contributed by atoms with van der Waals surface area (Å²) in [5.74, 6) is 0. The molecule has 0 saturated carbocycles. The number of aromatic nitrogens is 2. The number of carbonyl (C=O) groups excluding carboxylic acids is 1. The molecule has 0 aromatic carbocycles. The van der Waals surface area contributed by atoms with Crippen molar-refractivity contribution in [3.8, 4) is 0 Å². The minimum Gasteiger partial charge on any atom is -0.323 e. The third kappa shape index (κ3) is 3.03. The molecule has 7 heteroatoms. The monoisotopic (exact) mass is 281 g/mol. The number of nitrogens with one attached hydrogen (secondary N) is 1. The van der Waals surface area contributed by atoms with Crippen LogP contribution in [0, 0.1) is 0 Å². The number of hydrogen-bond donors (Lipinski definition) is 1. The molecule has 2 aliphatic heterocycles. The van der Waals surface area contributed by atoms with Crippen LogP contribution in [0.5, 0.6) is 0 Å². The van der Waals surface area contributed by atoms with Crippen LogP contribution in [0.2, 0.25) is 0 Å². The molecule has 0 aliphatic carbocycles. The summed E-state index contributed by atoms with van der Waals surface area (Å²) < 4.78 is 0. The van der Waals surface area contributed by atoms with Gasteiger partial charge >= 0.3 is 6.03 Å². The van der Waals surface area contributed by atoms with E-state index in [-0.39, 0.29) is 6.03 Å². The lowest BCUT2D eigenvalue weighted by molar-refractivity contribution is 0.132. The number of piperidine rings is 1. The summed E-state index contributed by atoms with van der Waals surface area (Å²) in [5, 5.41) is 11.0. The number of likely N-dealkylation sites (tertiary alicyclic amines) is 2. The van der Waals surface area contributed by atoms with Gasteiger partial charge in [0.2, 0.25) is 5.13 Å². The Balaban J connectivity index is 1.56. The van der Waals surface area contributed by atoms with E-state index in [4.69, 9.17) is 0 Å². The molecule has 1 aromatic rings.